The lowest BCUT2D eigenvalue weighted by Crippen LogP contribution is -2.35. The number of ether oxygens (including phenoxy) is 3. The molecule has 29 heavy (non-hydrogen) atoms. The molecule has 0 radical (unpaired) electrons. The number of hydrogen-bond donors (Lipinski definition) is 3. The number of rotatable bonds is 7. The van der Waals surface area contributed by atoms with Crippen LogP contribution in [0.2, 0.25) is 0 Å². The number of thiocarbonyl (C=S) groups is 1. The maximum atomic E-state index is 12.6. The highest BCUT2D eigenvalue weighted by atomic mass is 32.1. The van der Waals surface area contributed by atoms with Crippen molar-refractivity contribution in [1.82, 2.24) is 10.6 Å². The fourth-order valence-corrected chi connectivity index (χ4v) is 2.79. The van der Waals surface area contributed by atoms with Crippen molar-refractivity contribution in [3.8, 4) is 17.2 Å². The summed E-state index contributed by atoms with van der Waals surface area (Å²) < 4.78 is 15.8. The Balaban J connectivity index is 2.18. The van der Waals surface area contributed by atoms with Gasteiger partial charge in [-0.1, -0.05) is 12.1 Å². The minimum absolute atomic E-state index is 0.0421. The lowest BCUT2D eigenvalue weighted by molar-refractivity contribution is 0.0954. The molecule has 2 rings (SSSR count). The SMILES string of the molecule is CCNC(=O)c1ccccc1NC(=S)NC(=O)c1cc(OC)c(OC)c(OC)c1. The largest absolute Gasteiger partial charge is 0.493 e. The Morgan fingerprint density at radius 3 is 2.14 bits per heavy atom. The predicted octanol–water partition coefficient (Wildman–Crippen LogP) is 2.59. The van der Waals surface area contributed by atoms with Crippen molar-refractivity contribution in [1.29, 1.82) is 0 Å². The molecular weight excluding hydrogens is 394 g/mol. The van der Waals surface area contributed by atoms with E-state index < -0.39 is 5.91 Å². The van der Waals surface area contributed by atoms with Gasteiger partial charge in [0.25, 0.3) is 11.8 Å². The highest BCUT2D eigenvalue weighted by Gasteiger charge is 2.18. The Kier molecular flexibility index (Phi) is 7.79. The van der Waals surface area contributed by atoms with Gasteiger partial charge < -0.3 is 24.8 Å². The van der Waals surface area contributed by atoms with Crippen LogP contribution in [0.1, 0.15) is 27.6 Å². The molecule has 2 aromatic carbocycles. The van der Waals surface area contributed by atoms with Crippen LogP contribution in [0.3, 0.4) is 0 Å². The Morgan fingerprint density at radius 1 is 0.966 bits per heavy atom. The van der Waals surface area contributed by atoms with E-state index >= 15 is 0 Å². The molecule has 0 bridgehead atoms. The molecule has 0 aromatic heterocycles. The van der Waals surface area contributed by atoms with Crippen molar-refractivity contribution in [2.75, 3.05) is 33.2 Å². The molecule has 0 fully saturated rings. The number of carbonyl (C=O) groups excluding carboxylic acids is 2. The topological polar surface area (TPSA) is 97.9 Å². The van der Waals surface area contributed by atoms with E-state index in [0.717, 1.165) is 0 Å². The Morgan fingerprint density at radius 2 is 1.59 bits per heavy atom. The number of carbonyl (C=O) groups is 2. The van der Waals surface area contributed by atoms with Crippen molar-refractivity contribution in [3.05, 3.63) is 47.5 Å². The van der Waals surface area contributed by atoms with Gasteiger partial charge in [-0.2, -0.15) is 0 Å². The van der Waals surface area contributed by atoms with E-state index in [1.54, 1.807) is 24.3 Å². The van der Waals surface area contributed by atoms with Crippen LogP contribution >= 0.6 is 12.2 Å². The van der Waals surface area contributed by atoms with E-state index in [9.17, 15) is 9.59 Å². The van der Waals surface area contributed by atoms with E-state index in [0.29, 0.717) is 35.0 Å². The first kappa shape index (κ1) is 22.0. The second kappa shape index (κ2) is 10.3. The smallest absolute Gasteiger partial charge is 0.257 e. The van der Waals surface area contributed by atoms with Crippen LogP contribution < -0.4 is 30.2 Å². The van der Waals surface area contributed by atoms with Gasteiger partial charge in [0.2, 0.25) is 5.75 Å². The number of anilines is 1. The third-order valence-corrected chi connectivity index (χ3v) is 4.12. The summed E-state index contributed by atoms with van der Waals surface area (Å²) in [5, 5.41) is 8.23. The van der Waals surface area contributed by atoms with E-state index in [2.05, 4.69) is 16.0 Å². The molecule has 3 N–H and O–H groups in total. The van der Waals surface area contributed by atoms with Gasteiger partial charge in [-0.3, -0.25) is 14.9 Å². The molecule has 0 aliphatic rings. The summed E-state index contributed by atoms with van der Waals surface area (Å²) in [5.74, 6) is 0.352. The van der Waals surface area contributed by atoms with Gasteiger partial charge in [0.05, 0.1) is 32.6 Å². The molecule has 9 heteroatoms. The number of methoxy groups -OCH3 is 3. The second-order valence-corrected chi connectivity index (χ2v) is 6.14. The van der Waals surface area contributed by atoms with Crippen LogP contribution in [0.15, 0.2) is 36.4 Å². The first-order chi connectivity index (χ1) is 13.9. The molecule has 0 saturated carbocycles. The zero-order valence-corrected chi connectivity index (χ0v) is 17.4. The average molecular weight is 417 g/mol. The molecule has 2 amide bonds. The summed E-state index contributed by atoms with van der Waals surface area (Å²) in [7, 11) is 4.40. The summed E-state index contributed by atoms with van der Waals surface area (Å²) in [5.41, 5.74) is 1.16. The summed E-state index contributed by atoms with van der Waals surface area (Å²) in [6.45, 7) is 2.33. The van der Waals surface area contributed by atoms with Gasteiger partial charge in [0.15, 0.2) is 16.6 Å². The molecule has 0 aliphatic heterocycles. The van der Waals surface area contributed by atoms with Gasteiger partial charge >= 0.3 is 0 Å². The van der Waals surface area contributed by atoms with Gasteiger partial charge in [-0.25, -0.2) is 0 Å². The molecule has 0 saturated heterocycles. The van der Waals surface area contributed by atoms with Gasteiger partial charge in [-0.15, -0.1) is 0 Å². The minimum atomic E-state index is -0.475. The van der Waals surface area contributed by atoms with E-state index in [1.807, 2.05) is 6.92 Å². The van der Waals surface area contributed by atoms with Crippen molar-refractivity contribution in [3.63, 3.8) is 0 Å². The first-order valence-electron chi connectivity index (χ1n) is 8.74. The third kappa shape index (κ3) is 5.35. The lowest BCUT2D eigenvalue weighted by Gasteiger charge is -2.15. The number of para-hydroxylation sites is 1. The number of nitrogens with one attached hydrogen (secondary N) is 3. The highest BCUT2D eigenvalue weighted by molar-refractivity contribution is 7.80. The van der Waals surface area contributed by atoms with E-state index in [4.69, 9.17) is 26.4 Å². The standard InChI is InChI=1S/C20H23N3O5S/c1-5-21-19(25)13-8-6-7-9-14(13)22-20(29)23-18(24)12-10-15(26-2)17(28-4)16(11-12)27-3/h6-11H,5H2,1-4H3,(H,21,25)(H2,22,23,24,29). The minimum Gasteiger partial charge on any atom is -0.493 e. The van der Waals surface area contributed by atoms with Crippen molar-refractivity contribution < 1.29 is 23.8 Å². The third-order valence-electron chi connectivity index (χ3n) is 3.91. The van der Waals surface area contributed by atoms with E-state index in [1.165, 1.54) is 33.5 Å². The second-order valence-electron chi connectivity index (χ2n) is 5.73. The molecule has 0 unspecified atom stereocenters. The van der Waals surface area contributed by atoms with Crippen LogP contribution in [0, 0.1) is 0 Å². The van der Waals surface area contributed by atoms with Crippen molar-refractivity contribution >= 4 is 34.8 Å². The summed E-state index contributed by atoms with van der Waals surface area (Å²) in [4.78, 5) is 24.8. The summed E-state index contributed by atoms with van der Waals surface area (Å²) in [6.07, 6.45) is 0. The molecule has 0 aliphatic carbocycles. The Bertz CT molecular complexity index is 892. The normalized spacial score (nSPS) is 9.93. The molecule has 2 aromatic rings. The van der Waals surface area contributed by atoms with Crippen molar-refractivity contribution in [2.45, 2.75) is 6.92 Å². The number of benzene rings is 2. The summed E-state index contributed by atoms with van der Waals surface area (Å²) in [6, 6.07) is 9.89. The Hall–Kier alpha value is -3.33. The zero-order valence-electron chi connectivity index (χ0n) is 16.6. The van der Waals surface area contributed by atoms with Gasteiger partial charge in [0, 0.05) is 12.1 Å². The monoisotopic (exact) mass is 417 g/mol. The van der Waals surface area contributed by atoms with Crippen LogP contribution in [-0.4, -0.2) is 44.8 Å². The number of hydrogen-bond acceptors (Lipinski definition) is 6. The predicted molar refractivity (Wildman–Crippen MR) is 114 cm³/mol. The maximum absolute atomic E-state index is 12.6. The molecular formula is C20H23N3O5S. The quantitative estimate of drug-likeness (QED) is 0.596. The van der Waals surface area contributed by atoms with Crippen LogP contribution in [0.5, 0.6) is 17.2 Å². The zero-order chi connectivity index (χ0) is 21.4. The van der Waals surface area contributed by atoms with Gasteiger partial charge in [-0.05, 0) is 43.4 Å². The van der Waals surface area contributed by atoms with Crippen LogP contribution in [0.4, 0.5) is 5.69 Å². The van der Waals surface area contributed by atoms with E-state index in [-0.39, 0.29) is 16.6 Å². The van der Waals surface area contributed by atoms with Crippen molar-refractivity contribution in [2.24, 2.45) is 0 Å². The highest BCUT2D eigenvalue weighted by Crippen LogP contribution is 2.38. The fraction of sp³-hybridized carbons (Fsp3) is 0.250. The molecule has 0 heterocycles. The summed E-state index contributed by atoms with van der Waals surface area (Å²) >= 11 is 5.23. The van der Waals surface area contributed by atoms with Crippen LogP contribution in [-0.2, 0) is 0 Å². The maximum Gasteiger partial charge on any atom is 0.257 e. The number of amides is 2. The first-order valence-corrected chi connectivity index (χ1v) is 9.15. The fourth-order valence-electron chi connectivity index (χ4n) is 2.59. The molecule has 0 atom stereocenters. The molecule has 154 valence electrons. The lowest BCUT2D eigenvalue weighted by atomic mass is 10.1. The molecule has 8 nitrogen and oxygen atoms in total. The van der Waals surface area contributed by atoms with Gasteiger partial charge in [0.1, 0.15) is 0 Å². The molecule has 0 spiro atoms. The Labute approximate surface area is 174 Å². The average Bonchev–Trinajstić information content (AvgIpc) is 2.72. The van der Waals surface area contributed by atoms with Crippen LogP contribution in [0.25, 0.3) is 0 Å².